The molecule has 80 valence electrons. The molecule has 0 N–H and O–H groups in total. The quantitative estimate of drug-likeness (QED) is 0.765. The van der Waals surface area contributed by atoms with Crippen molar-refractivity contribution in [1.29, 1.82) is 0 Å². The number of rotatable bonds is 2. The lowest BCUT2D eigenvalue weighted by Crippen LogP contribution is -2.31. The standard InChI is InChI=1S/C12H15NOS/c1-2-8-13-10-5-3-4-6-11(10)15-9-7-12(13)14/h3-6H,2,7-9H2,1H3. The number of carbonyl (C=O) groups excluding carboxylic acids is 1. The summed E-state index contributed by atoms with van der Waals surface area (Å²) in [5.74, 6) is 1.16. The van der Waals surface area contributed by atoms with Gasteiger partial charge in [-0.25, -0.2) is 0 Å². The second-order valence-corrected chi connectivity index (χ2v) is 4.75. The first-order valence-electron chi connectivity index (χ1n) is 5.35. The van der Waals surface area contributed by atoms with Crippen LogP contribution in [0.15, 0.2) is 29.2 Å². The van der Waals surface area contributed by atoms with Crippen LogP contribution in [0.5, 0.6) is 0 Å². The minimum Gasteiger partial charge on any atom is -0.311 e. The van der Waals surface area contributed by atoms with E-state index >= 15 is 0 Å². The summed E-state index contributed by atoms with van der Waals surface area (Å²) in [6.07, 6.45) is 1.66. The van der Waals surface area contributed by atoms with E-state index in [2.05, 4.69) is 13.0 Å². The summed E-state index contributed by atoms with van der Waals surface area (Å²) in [4.78, 5) is 15.0. The molecule has 0 fully saturated rings. The lowest BCUT2D eigenvalue weighted by Gasteiger charge is -2.21. The van der Waals surface area contributed by atoms with Gasteiger partial charge in [-0.05, 0) is 18.6 Å². The molecule has 0 spiro atoms. The fourth-order valence-corrected chi connectivity index (χ4v) is 2.79. The molecule has 3 heteroatoms. The monoisotopic (exact) mass is 221 g/mol. The summed E-state index contributed by atoms with van der Waals surface area (Å²) < 4.78 is 0. The summed E-state index contributed by atoms with van der Waals surface area (Å²) in [5.41, 5.74) is 1.09. The highest BCUT2D eigenvalue weighted by Gasteiger charge is 2.20. The lowest BCUT2D eigenvalue weighted by molar-refractivity contribution is -0.118. The number of anilines is 1. The summed E-state index contributed by atoms with van der Waals surface area (Å²) in [5, 5.41) is 0. The van der Waals surface area contributed by atoms with Gasteiger partial charge in [0.2, 0.25) is 5.91 Å². The number of thioether (sulfide) groups is 1. The molecule has 0 aromatic heterocycles. The van der Waals surface area contributed by atoms with Crippen molar-refractivity contribution in [2.45, 2.75) is 24.7 Å². The fraction of sp³-hybridized carbons (Fsp3) is 0.417. The molecule has 2 rings (SSSR count). The Morgan fingerprint density at radius 1 is 1.40 bits per heavy atom. The van der Waals surface area contributed by atoms with Crippen LogP contribution in [0.4, 0.5) is 5.69 Å². The van der Waals surface area contributed by atoms with E-state index in [0.29, 0.717) is 6.42 Å². The van der Waals surface area contributed by atoms with Crippen molar-refractivity contribution in [3.63, 3.8) is 0 Å². The molecule has 1 aromatic rings. The van der Waals surface area contributed by atoms with E-state index in [4.69, 9.17) is 0 Å². The molecule has 0 radical (unpaired) electrons. The first-order valence-corrected chi connectivity index (χ1v) is 6.33. The second kappa shape index (κ2) is 4.71. The topological polar surface area (TPSA) is 20.3 Å². The number of fused-ring (bicyclic) bond motifs is 1. The Hall–Kier alpha value is -0.960. The fourth-order valence-electron chi connectivity index (χ4n) is 1.79. The predicted octanol–water partition coefficient (Wildman–Crippen LogP) is 2.93. The summed E-state index contributed by atoms with van der Waals surface area (Å²) in [7, 11) is 0. The molecular formula is C12H15NOS. The third kappa shape index (κ3) is 2.17. The first kappa shape index (κ1) is 10.6. The van der Waals surface area contributed by atoms with Crippen LogP contribution < -0.4 is 4.90 Å². The molecule has 0 saturated heterocycles. The van der Waals surface area contributed by atoms with Crippen LogP contribution >= 0.6 is 11.8 Å². The van der Waals surface area contributed by atoms with Crippen LogP contribution in [0, 0.1) is 0 Å². The Bertz CT molecular complexity index is 364. The van der Waals surface area contributed by atoms with Gasteiger partial charge in [0.05, 0.1) is 5.69 Å². The Morgan fingerprint density at radius 2 is 2.20 bits per heavy atom. The van der Waals surface area contributed by atoms with Gasteiger partial charge in [-0.1, -0.05) is 19.1 Å². The van der Waals surface area contributed by atoms with Crippen molar-refractivity contribution in [3.8, 4) is 0 Å². The van der Waals surface area contributed by atoms with Crippen molar-refractivity contribution in [3.05, 3.63) is 24.3 Å². The van der Waals surface area contributed by atoms with Crippen molar-refractivity contribution >= 4 is 23.4 Å². The van der Waals surface area contributed by atoms with E-state index in [0.717, 1.165) is 24.4 Å². The van der Waals surface area contributed by atoms with Crippen molar-refractivity contribution in [1.82, 2.24) is 0 Å². The second-order valence-electron chi connectivity index (χ2n) is 3.61. The van der Waals surface area contributed by atoms with E-state index < -0.39 is 0 Å². The van der Waals surface area contributed by atoms with Gasteiger partial charge in [-0.15, -0.1) is 11.8 Å². The number of benzene rings is 1. The normalized spacial score (nSPS) is 16.1. The van der Waals surface area contributed by atoms with Gasteiger partial charge in [0.15, 0.2) is 0 Å². The van der Waals surface area contributed by atoms with Gasteiger partial charge < -0.3 is 4.90 Å². The highest BCUT2D eigenvalue weighted by atomic mass is 32.2. The molecule has 0 saturated carbocycles. The highest BCUT2D eigenvalue weighted by molar-refractivity contribution is 7.99. The summed E-state index contributed by atoms with van der Waals surface area (Å²) in [6, 6.07) is 8.18. The molecular weight excluding hydrogens is 206 g/mol. The summed E-state index contributed by atoms with van der Waals surface area (Å²) in [6.45, 7) is 2.93. The third-order valence-electron chi connectivity index (χ3n) is 2.48. The molecule has 15 heavy (non-hydrogen) atoms. The van der Waals surface area contributed by atoms with Crippen LogP contribution in [0.25, 0.3) is 0 Å². The van der Waals surface area contributed by atoms with Crippen molar-refractivity contribution in [2.75, 3.05) is 17.2 Å². The van der Waals surface area contributed by atoms with E-state index in [9.17, 15) is 4.79 Å². The molecule has 0 atom stereocenters. The largest absolute Gasteiger partial charge is 0.311 e. The first-order chi connectivity index (χ1) is 7.33. The van der Waals surface area contributed by atoms with Gasteiger partial charge in [0.25, 0.3) is 0 Å². The maximum absolute atomic E-state index is 11.9. The van der Waals surface area contributed by atoms with Crippen molar-refractivity contribution < 1.29 is 4.79 Å². The van der Waals surface area contributed by atoms with Crippen LogP contribution in [0.1, 0.15) is 19.8 Å². The van der Waals surface area contributed by atoms with E-state index in [1.165, 1.54) is 4.90 Å². The van der Waals surface area contributed by atoms with E-state index in [1.807, 2.05) is 23.1 Å². The number of amides is 1. The zero-order valence-corrected chi connectivity index (χ0v) is 9.72. The lowest BCUT2D eigenvalue weighted by atomic mass is 10.2. The molecule has 0 unspecified atom stereocenters. The number of hydrogen-bond donors (Lipinski definition) is 0. The number of nitrogens with zero attached hydrogens (tertiary/aromatic N) is 1. The van der Waals surface area contributed by atoms with Gasteiger partial charge in [-0.3, -0.25) is 4.79 Å². The summed E-state index contributed by atoms with van der Waals surface area (Å²) >= 11 is 1.78. The Balaban J connectivity index is 2.38. The van der Waals surface area contributed by atoms with E-state index in [1.54, 1.807) is 11.8 Å². The molecule has 2 nitrogen and oxygen atoms in total. The number of carbonyl (C=O) groups is 1. The molecule has 1 aromatic carbocycles. The molecule has 1 aliphatic rings. The predicted molar refractivity (Wildman–Crippen MR) is 64.4 cm³/mol. The van der Waals surface area contributed by atoms with Gasteiger partial charge in [0.1, 0.15) is 0 Å². The van der Waals surface area contributed by atoms with E-state index in [-0.39, 0.29) is 5.91 Å². The van der Waals surface area contributed by atoms with Gasteiger partial charge >= 0.3 is 0 Å². The number of para-hydroxylation sites is 1. The Kier molecular flexibility index (Phi) is 3.31. The SMILES string of the molecule is CCCN1C(=O)CCSc2ccccc21. The zero-order valence-electron chi connectivity index (χ0n) is 8.90. The number of hydrogen-bond acceptors (Lipinski definition) is 2. The smallest absolute Gasteiger partial charge is 0.227 e. The molecule has 0 aliphatic carbocycles. The molecule has 1 aliphatic heterocycles. The average molecular weight is 221 g/mol. The Morgan fingerprint density at radius 3 is 3.00 bits per heavy atom. The maximum atomic E-state index is 11.9. The van der Waals surface area contributed by atoms with Crippen LogP contribution in [0.2, 0.25) is 0 Å². The Labute approximate surface area is 94.7 Å². The van der Waals surface area contributed by atoms with Gasteiger partial charge in [-0.2, -0.15) is 0 Å². The minimum atomic E-state index is 0.259. The maximum Gasteiger partial charge on any atom is 0.227 e. The van der Waals surface area contributed by atoms with Crippen LogP contribution in [-0.4, -0.2) is 18.2 Å². The highest BCUT2D eigenvalue weighted by Crippen LogP contribution is 2.33. The van der Waals surface area contributed by atoms with Crippen LogP contribution in [-0.2, 0) is 4.79 Å². The molecule has 1 heterocycles. The molecule has 1 amide bonds. The van der Waals surface area contributed by atoms with Crippen molar-refractivity contribution in [2.24, 2.45) is 0 Å². The van der Waals surface area contributed by atoms with Crippen LogP contribution in [0.3, 0.4) is 0 Å². The average Bonchev–Trinajstić information content (AvgIpc) is 2.40. The molecule has 0 bridgehead atoms. The minimum absolute atomic E-state index is 0.259. The van der Waals surface area contributed by atoms with Gasteiger partial charge in [0, 0.05) is 23.6 Å². The zero-order chi connectivity index (χ0) is 10.7. The third-order valence-corrected chi connectivity index (χ3v) is 3.54.